The summed E-state index contributed by atoms with van der Waals surface area (Å²) in [6, 6.07) is 10.5. The van der Waals surface area contributed by atoms with Gasteiger partial charge >= 0.3 is 0 Å². The summed E-state index contributed by atoms with van der Waals surface area (Å²) in [5.41, 5.74) is 4.97. The number of hydrogen-bond donors (Lipinski definition) is 1. The van der Waals surface area contributed by atoms with Gasteiger partial charge in [-0.25, -0.2) is 0 Å². The number of hydrogen-bond acceptors (Lipinski definition) is 2. The summed E-state index contributed by atoms with van der Waals surface area (Å²) >= 11 is 0. The lowest BCUT2D eigenvalue weighted by Crippen LogP contribution is -2.37. The highest BCUT2D eigenvalue weighted by Crippen LogP contribution is 2.61. The highest BCUT2D eigenvalue weighted by molar-refractivity contribution is 5.94. The zero-order valence-corrected chi connectivity index (χ0v) is 15.1. The molecular formula is C21H25N3. The molecule has 1 aliphatic rings. The highest BCUT2D eigenvalue weighted by Gasteiger charge is 2.54. The Morgan fingerprint density at radius 2 is 1.83 bits per heavy atom. The fourth-order valence-corrected chi connectivity index (χ4v) is 4.47. The van der Waals surface area contributed by atoms with E-state index in [-0.39, 0.29) is 10.8 Å². The number of aromatic nitrogens is 3. The summed E-state index contributed by atoms with van der Waals surface area (Å²) in [6.07, 6.45) is 2.99. The molecule has 4 rings (SSSR count). The summed E-state index contributed by atoms with van der Waals surface area (Å²) in [6.45, 7) is 11.8. The van der Waals surface area contributed by atoms with Crippen LogP contribution in [0.2, 0.25) is 0 Å². The maximum Gasteiger partial charge on any atom is 0.115 e. The van der Waals surface area contributed by atoms with Gasteiger partial charge in [0.2, 0.25) is 0 Å². The number of aromatic amines is 1. The molecule has 3 heteroatoms. The van der Waals surface area contributed by atoms with Gasteiger partial charge in [-0.15, -0.1) is 0 Å². The first-order chi connectivity index (χ1) is 11.4. The zero-order valence-electron chi connectivity index (χ0n) is 15.1. The van der Waals surface area contributed by atoms with E-state index >= 15 is 0 Å². The van der Waals surface area contributed by atoms with Crippen LogP contribution in [0.3, 0.4) is 0 Å². The highest BCUT2D eigenvalue weighted by atomic mass is 15.1. The molecule has 24 heavy (non-hydrogen) atoms. The summed E-state index contributed by atoms with van der Waals surface area (Å²) < 4.78 is 0. The van der Waals surface area contributed by atoms with E-state index in [2.05, 4.69) is 70.0 Å². The summed E-state index contributed by atoms with van der Waals surface area (Å²) in [7, 11) is 0. The van der Waals surface area contributed by atoms with Gasteiger partial charge in [0.1, 0.15) is 5.69 Å². The van der Waals surface area contributed by atoms with Crippen LogP contribution in [0.25, 0.3) is 22.2 Å². The number of H-pyrrole nitrogens is 1. The van der Waals surface area contributed by atoms with Gasteiger partial charge in [-0.05, 0) is 29.2 Å². The second-order valence-corrected chi connectivity index (χ2v) is 7.87. The Morgan fingerprint density at radius 3 is 2.58 bits per heavy atom. The zero-order chi connectivity index (χ0) is 17.1. The van der Waals surface area contributed by atoms with Gasteiger partial charge in [0.15, 0.2) is 0 Å². The average molecular weight is 319 g/mol. The van der Waals surface area contributed by atoms with Crippen molar-refractivity contribution in [3.05, 3.63) is 47.8 Å². The summed E-state index contributed by atoms with van der Waals surface area (Å²) in [5.74, 6) is 0.437. The maximum atomic E-state index is 4.73. The first-order valence-corrected chi connectivity index (χ1v) is 8.84. The van der Waals surface area contributed by atoms with Crippen molar-refractivity contribution in [3.63, 3.8) is 0 Å². The van der Waals surface area contributed by atoms with Crippen molar-refractivity contribution >= 4 is 10.8 Å². The SMILES string of the molecule is CCC1(C)c2[nH]nc(-c3nccc4ccccc34)c2C(C)C1(C)C. The van der Waals surface area contributed by atoms with Crippen LogP contribution in [-0.2, 0) is 5.41 Å². The van der Waals surface area contributed by atoms with E-state index < -0.39 is 0 Å². The lowest BCUT2D eigenvalue weighted by molar-refractivity contribution is 0.162. The molecule has 124 valence electrons. The standard InChI is InChI=1S/C21H25N3/c1-6-21(5)19-16(13(2)20(21,3)4)18(23-24-19)17-15-10-8-7-9-14(15)11-12-22-17/h7-13H,6H2,1-5H3,(H,23,24). The number of nitrogens with zero attached hydrogens (tertiary/aromatic N) is 2. The Bertz CT molecular complexity index is 916. The van der Waals surface area contributed by atoms with Gasteiger partial charge in [-0.3, -0.25) is 10.1 Å². The van der Waals surface area contributed by atoms with Crippen molar-refractivity contribution in [2.45, 2.75) is 52.4 Å². The van der Waals surface area contributed by atoms with Gasteiger partial charge in [-0.2, -0.15) is 5.10 Å². The Labute approximate surface area is 143 Å². The molecule has 1 aromatic carbocycles. The van der Waals surface area contributed by atoms with E-state index in [0.29, 0.717) is 5.92 Å². The third kappa shape index (κ3) is 1.73. The first kappa shape index (κ1) is 15.4. The van der Waals surface area contributed by atoms with Gasteiger partial charge in [0.05, 0.1) is 5.69 Å². The fourth-order valence-electron chi connectivity index (χ4n) is 4.47. The van der Waals surface area contributed by atoms with Crippen LogP contribution < -0.4 is 0 Å². The molecule has 0 aliphatic heterocycles. The molecule has 0 radical (unpaired) electrons. The largest absolute Gasteiger partial charge is 0.281 e. The van der Waals surface area contributed by atoms with Crippen molar-refractivity contribution < 1.29 is 0 Å². The minimum Gasteiger partial charge on any atom is -0.281 e. The molecule has 2 aromatic heterocycles. The van der Waals surface area contributed by atoms with Gasteiger partial charge in [0, 0.05) is 28.3 Å². The maximum absolute atomic E-state index is 4.73. The molecule has 0 spiro atoms. The van der Waals surface area contributed by atoms with E-state index in [4.69, 9.17) is 10.1 Å². The number of benzene rings is 1. The molecule has 1 N–H and O–H groups in total. The monoisotopic (exact) mass is 319 g/mol. The fraction of sp³-hybridized carbons (Fsp3) is 0.429. The van der Waals surface area contributed by atoms with Crippen LogP contribution in [-0.4, -0.2) is 15.2 Å². The topological polar surface area (TPSA) is 41.6 Å². The quantitative estimate of drug-likeness (QED) is 0.683. The van der Waals surface area contributed by atoms with Crippen LogP contribution in [0.1, 0.15) is 58.2 Å². The molecule has 2 heterocycles. The molecular weight excluding hydrogens is 294 g/mol. The van der Waals surface area contributed by atoms with Gasteiger partial charge < -0.3 is 0 Å². The molecule has 0 amide bonds. The third-order valence-corrected chi connectivity index (χ3v) is 6.90. The van der Waals surface area contributed by atoms with E-state index in [1.807, 2.05) is 6.20 Å². The normalized spacial score (nSPS) is 25.1. The predicted molar refractivity (Wildman–Crippen MR) is 99.2 cm³/mol. The van der Waals surface area contributed by atoms with Crippen LogP contribution in [0.5, 0.6) is 0 Å². The minimum atomic E-state index is 0.109. The molecule has 0 saturated heterocycles. The molecule has 3 nitrogen and oxygen atoms in total. The van der Waals surface area contributed by atoms with Gasteiger partial charge in [-0.1, -0.05) is 58.9 Å². The van der Waals surface area contributed by atoms with Crippen molar-refractivity contribution in [2.24, 2.45) is 5.41 Å². The lowest BCUT2D eigenvalue weighted by atomic mass is 9.63. The minimum absolute atomic E-state index is 0.109. The average Bonchev–Trinajstić information content (AvgIpc) is 3.09. The van der Waals surface area contributed by atoms with Crippen molar-refractivity contribution in [1.29, 1.82) is 0 Å². The van der Waals surface area contributed by atoms with Gasteiger partial charge in [0.25, 0.3) is 0 Å². The molecule has 1 aliphatic carbocycles. The van der Waals surface area contributed by atoms with Crippen molar-refractivity contribution in [3.8, 4) is 11.4 Å². The van der Waals surface area contributed by atoms with Crippen LogP contribution in [0.4, 0.5) is 0 Å². The predicted octanol–water partition coefficient (Wildman–Crippen LogP) is 5.44. The molecule has 0 bridgehead atoms. The van der Waals surface area contributed by atoms with E-state index in [0.717, 1.165) is 17.8 Å². The van der Waals surface area contributed by atoms with E-state index in [1.54, 1.807) is 0 Å². The van der Waals surface area contributed by atoms with Crippen molar-refractivity contribution in [1.82, 2.24) is 15.2 Å². The molecule has 2 atom stereocenters. The van der Waals surface area contributed by atoms with Crippen molar-refractivity contribution in [2.75, 3.05) is 0 Å². The Morgan fingerprint density at radius 1 is 1.08 bits per heavy atom. The number of fused-ring (bicyclic) bond motifs is 2. The number of rotatable bonds is 2. The molecule has 2 unspecified atom stereocenters. The summed E-state index contributed by atoms with van der Waals surface area (Å²) in [4.78, 5) is 4.70. The first-order valence-electron chi connectivity index (χ1n) is 8.84. The Kier molecular flexibility index (Phi) is 3.15. The Hall–Kier alpha value is -2.16. The third-order valence-electron chi connectivity index (χ3n) is 6.90. The summed E-state index contributed by atoms with van der Waals surface area (Å²) in [5, 5.41) is 10.5. The van der Waals surface area contributed by atoms with E-state index in [1.165, 1.54) is 22.0 Å². The molecule has 0 fully saturated rings. The molecule has 3 aromatic rings. The van der Waals surface area contributed by atoms with Crippen LogP contribution in [0.15, 0.2) is 36.5 Å². The molecule has 0 saturated carbocycles. The van der Waals surface area contributed by atoms with Crippen LogP contribution >= 0.6 is 0 Å². The second kappa shape index (κ2) is 4.92. The lowest BCUT2D eigenvalue weighted by Gasteiger charge is -2.40. The van der Waals surface area contributed by atoms with E-state index in [9.17, 15) is 0 Å². The van der Waals surface area contributed by atoms with Crippen LogP contribution in [0, 0.1) is 5.41 Å². The second-order valence-electron chi connectivity index (χ2n) is 7.87. The smallest absolute Gasteiger partial charge is 0.115 e. The number of nitrogens with one attached hydrogen (secondary N) is 1. The Balaban J connectivity index is 2.00. The number of pyridine rings is 1.